The molecule has 2 aromatic rings. The van der Waals surface area contributed by atoms with Gasteiger partial charge in [0.25, 0.3) is 0 Å². The summed E-state index contributed by atoms with van der Waals surface area (Å²) in [6, 6.07) is 7.09. The summed E-state index contributed by atoms with van der Waals surface area (Å²) in [7, 11) is 0. The zero-order valence-electron chi connectivity index (χ0n) is 7.31. The Labute approximate surface area is 86.6 Å². The molecule has 0 aliphatic carbocycles. The van der Waals surface area contributed by atoms with Crippen molar-refractivity contribution in [3.8, 4) is 11.4 Å². The van der Waals surface area contributed by atoms with Crippen LogP contribution in [0.2, 0.25) is 5.02 Å². The Morgan fingerprint density at radius 1 is 1.07 bits per heavy atom. The monoisotopic (exact) mass is 205 g/mol. The lowest BCUT2D eigenvalue weighted by molar-refractivity contribution is 1.25. The molecule has 0 aromatic carbocycles. The van der Waals surface area contributed by atoms with Gasteiger partial charge in [-0.2, -0.15) is 0 Å². The summed E-state index contributed by atoms with van der Waals surface area (Å²) >= 11 is 5.72. The summed E-state index contributed by atoms with van der Waals surface area (Å²) < 4.78 is 0. The molecule has 14 heavy (non-hydrogen) atoms. The lowest BCUT2D eigenvalue weighted by atomic mass is 10.2. The molecule has 0 bridgehead atoms. The fourth-order valence-electron chi connectivity index (χ4n) is 1.11. The number of pyridine rings is 2. The number of hydrogen-bond acceptors (Lipinski definition) is 3. The second kappa shape index (κ2) is 3.64. The van der Waals surface area contributed by atoms with Crippen molar-refractivity contribution in [3.63, 3.8) is 0 Å². The fourth-order valence-corrected chi connectivity index (χ4v) is 1.23. The molecule has 0 fully saturated rings. The lowest BCUT2D eigenvalue weighted by Gasteiger charge is -2.00. The maximum atomic E-state index is 5.72. The molecule has 2 aromatic heterocycles. The number of rotatable bonds is 1. The maximum absolute atomic E-state index is 5.72. The van der Waals surface area contributed by atoms with Crippen LogP contribution in [0.3, 0.4) is 0 Å². The molecule has 0 aliphatic heterocycles. The Hall–Kier alpha value is -1.61. The van der Waals surface area contributed by atoms with Gasteiger partial charge in [0, 0.05) is 18.1 Å². The van der Waals surface area contributed by atoms with E-state index in [9.17, 15) is 0 Å². The van der Waals surface area contributed by atoms with Crippen LogP contribution in [-0.2, 0) is 0 Å². The van der Waals surface area contributed by atoms with E-state index in [1.54, 1.807) is 30.6 Å². The zero-order valence-corrected chi connectivity index (χ0v) is 8.07. The minimum atomic E-state index is 0.609. The number of nitrogens with zero attached hydrogens (tertiary/aromatic N) is 2. The van der Waals surface area contributed by atoms with Crippen molar-refractivity contribution < 1.29 is 0 Å². The number of nitrogens with two attached hydrogens (primary N) is 1. The molecule has 0 amide bonds. The second-order valence-electron chi connectivity index (χ2n) is 2.84. The van der Waals surface area contributed by atoms with Crippen LogP contribution in [0.15, 0.2) is 36.7 Å². The van der Waals surface area contributed by atoms with Crippen molar-refractivity contribution in [3.05, 3.63) is 41.7 Å². The Morgan fingerprint density at radius 2 is 1.93 bits per heavy atom. The fraction of sp³-hybridized carbons (Fsp3) is 0. The van der Waals surface area contributed by atoms with Gasteiger partial charge in [0.1, 0.15) is 0 Å². The van der Waals surface area contributed by atoms with Crippen molar-refractivity contribution in [1.82, 2.24) is 9.97 Å². The largest absolute Gasteiger partial charge is 0.399 e. The Kier molecular flexibility index (Phi) is 2.33. The molecule has 0 atom stereocenters. The maximum Gasteiger partial charge on any atom is 0.0906 e. The highest BCUT2D eigenvalue weighted by molar-refractivity contribution is 6.30. The molecule has 0 saturated heterocycles. The van der Waals surface area contributed by atoms with Crippen LogP contribution in [0.25, 0.3) is 11.4 Å². The summed E-state index contributed by atoms with van der Waals surface area (Å²) in [5.74, 6) is 0. The van der Waals surface area contributed by atoms with Crippen LogP contribution in [0.4, 0.5) is 5.69 Å². The van der Waals surface area contributed by atoms with Gasteiger partial charge in [0.05, 0.1) is 16.4 Å². The van der Waals surface area contributed by atoms with Crippen LogP contribution in [0, 0.1) is 0 Å². The molecule has 70 valence electrons. The lowest BCUT2D eigenvalue weighted by Crippen LogP contribution is -1.90. The highest BCUT2D eigenvalue weighted by atomic mass is 35.5. The molecule has 2 rings (SSSR count). The molecule has 4 heteroatoms. The third-order valence-electron chi connectivity index (χ3n) is 1.77. The van der Waals surface area contributed by atoms with Gasteiger partial charge in [-0.05, 0) is 24.3 Å². The van der Waals surface area contributed by atoms with Gasteiger partial charge < -0.3 is 5.73 Å². The Morgan fingerprint density at radius 3 is 2.57 bits per heavy atom. The van der Waals surface area contributed by atoms with Gasteiger partial charge >= 0.3 is 0 Å². The van der Waals surface area contributed by atoms with Gasteiger partial charge in [-0.15, -0.1) is 0 Å². The highest BCUT2D eigenvalue weighted by Gasteiger charge is 2.00. The number of hydrogen-bond donors (Lipinski definition) is 1. The summed E-state index contributed by atoms with van der Waals surface area (Å²) in [4.78, 5) is 8.29. The molecular weight excluding hydrogens is 198 g/mol. The summed E-state index contributed by atoms with van der Waals surface area (Å²) in [6.07, 6.45) is 3.24. The normalized spacial score (nSPS) is 10.1. The van der Waals surface area contributed by atoms with Crippen molar-refractivity contribution in [1.29, 1.82) is 0 Å². The molecule has 3 nitrogen and oxygen atoms in total. The summed E-state index contributed by atoms with van der Waals surface area (Å²) in [6.45, 7) is 0. The van der Waals surface area contributed by atoms with Crippen molar-refractivity contribution in [2.24, 2.45) is 0 Å². The molecule has 0 saturated carbocycles. The number of nitrogen functional groups attached to an aromatic ring is 1. The van der Waals surface area contributed by atoms with Gasteiger partial charge in [-0.1, -0.05) is 11.6 Å². The number of anilines is 1. The van der Waals surface area contributed by atoms with Crippen LogP contribution < -0.4 is 5.73 Å². The topological polar surface area (TPSA) is 51.8 Å². The average molecular weight is 206 g/mol. The first kappa shape index (κ1) is 8.97. The van der Waals surface area contributed by atoms with Crippen molar-refractivity contribution >= 4 is 17.3 Å². The first-order chi connectivity index (χ1) is 6.75. The minimum absolute atomic E-state index is 0.609. The Balaban J connectivity index is 2.44. The molecule has 2 heterocycles. The standard InChI is InChI=1S/C10H8ClN3/c11-7-1-2-9(14-6-7)10-5-8(12)3-4-13-10/h1-6H,(H2,12,13). The first-order valence-corrected chi connectivity index (χ1v) is 4.47. The second-order valence-corrected chi connectivity index (χ2v) is 3.27. The molecule has 0 radical (unpaired) electrons. The van der Waals surface area contributed by atoms with E-state index in [-0.39, 0.29) is 0 Å². The molecule has 0 aliphatic rings. The number of aromatic nitrogens is 2. The van der Waals surface area contributed by atoms with E-state index in [1.165, 1.54) is 0 Å². The molecule has 0 unspecified atom stereocenters. The predicted molar refractivity (Wildman–Crippen MR) is 56.9 cm³/mol. The molecule has 0 spiro atoms. The van der Waals surface area contributed by atoms with E-state index in [4.69, 9.17) is 17.3 Å². The van der Waals surface area contributed by atoms with Crippen molar-refractivity contribution in [2.45, 2.75) is 0 Å². The van der Waals surface area contributed by atoms with Crippen LogP contribution >= 0.6 is 11.6 Å². The first-order valence-electron chi connectivity index (χ1n) is 4.09. The summed E-state index contributed by atoms with van der Waals surface area (Å²) in [5, 5.41) is 0.609. The van der Waals surface area contributed by atoms with E-state index in [2.05, 4.69) is 9.97 Å². The van der Waals surface area contributed by atoms with Crippen LogP contribution in [0.5, 0.6) is 0 Å². The van der Waals surface area contributed by atoms with Gasteiger partial charge in [0.15, 0.2) is 0 Å². The third kappa shape index (κ3) is 1.83. The third-order valence-corrected chi connectivity index (χ3v) is 2.00. The van der Waals surface area contributed by atoms with E-state index < -0.39 is 0 Å². The SMILES string of the molecule is Nc1ccnc(-c2ccc(Cl)cn2)c1. The quantitative estimate of drug-likeness (QED) is 0.778. The average Bonchev–Trinajstić information content (AvgIpc) is 2.19. The molecule has 2 N–H and O–H groups in total. The summed E-state index contributed by atoms with van der Waals surface area (Å²) in [5.41, 5.74) is 7.82. The van der Waals surface area contributed by atoms with E-state index in [0.717, 1.165) is 11.4 Å². The van der Waals surface area contributed by atoms with Crippen molar-refractivity contribution in [2.75, 3.05) is 5.73 Å². The van der Waals surface area contributed by atoms with E-state index in [1.807, 2.05) is 6.07 Å². The minimum Gasteiger partial charge on any atom is -0.399 e. The smallest absolute Gasteiger partial charge is 0.0906 e. The van der Waals surface area contributed by atoms with Gasteiger partial charge in [0.2, 0.25) is 0 Å². The van der Waals surface area contributed by atoms with Crippen LogP contribution in [0.1, 0.15) is 0 Å². The highest BCUT2D eigenvalue weighted by Crippen LogP contribution is 2.17. The Bertz CT molecular complexity index is 439. The van der Waals surface area contributed by atoms with E-state index in [0.29, 0.717) is 10.7 Å². The van der Waals surface area contributed by atoms with Crippen LogP contribution in [-0.4, -0.2) is 9.97 Å². The molecular formula is C10H8ClN3. The predicted octanol–water partition coefficient (Wildman–Crippen LogP) is 2.38. The zero-order chi connectivity index (χ0) is 9.97. The van der Waals surface area contributed by atoms with Gasteiger partial charge in [-0.25, -0.2) is 0 Å². The van der Waals surface area contributed by atoms with E-state index >= 15 is 0 Å². The van der Waals surface area contributed by atoms with Gasteiger partial charge in [-0.3, -0.25) is 9.97 Å². The number of halogens is 1.